The van der Waals surface area contributed by atoms with Gasteiger partial charge in [-0.15, -0.1) is 11.3 Å². The summed E-state index contributed by atoms with van der Waals surface area (Å²) in [4.78, 5) is 19.0. The van der Waals surface area contributed by atoms with Crippen LogP contribution in [-0.4, -0.2) is 41.5 Å². The maximum atomic E-state index is 12.5. The standard InChI is InChI=1S/C18H23N3O2S/c22-17(9-16-12-24-18(20-16)14-5-8-23-11-14)21-6-3-15(4-7-21)19-10-13-1-2-13/h5,8,11-13,15,19H,1-4,6-7,9-10H2. The molecule has 2 aromatic heterocycles. The van der Waals surface area contributed by atoms with Crippen LogP contribution in [0.3, 0.4) is 0 Å². The highest BCUT2D eigenvalue weighted by molar-refractivity contribution is 7.13. The Kier molecular flexibility index (Phi) is 4.67. The lowest BCUT2D eigenvalue weighted by Gasteiger charge is -2.32. The van der Waals surface area contributed by atoms with Gasteiger partial charge in [-0.05, 0) is 44.2 Å². The Morgan fingerprint density at radius 3 is 2.88 bits per heavy atom. The molecule has 1 aliphatic carbocycles. The van der Waals surface area contributed by atoms with Crippen LogP contribution in [0.25, 0.3) is 10.6 Å². The highest BCUT2D eigenvalue weighted by Gasteiger charge is 2.26. The Morgan fingerprint density at radius 1 is 1.33 bits per heavy atom. The molecule has 4 rings (SSSR count). The number of furan rings is 1. The summed E-state index contributed by atoms with van der Waals surface area (Å²) in [5.41, 5.74) is 1.83. The molecule has 1 saturated carbocycles. The number of amides is 1. The van der Waals surface area contributed by atoms with Crippen molar-refractivity contribution in [2.45, 2.75) is 38.1 Å². The van der Waals surface area contributed by atoms with Crippen LogP contribution in [0.4, 0.5) is 0 Å². The van der Waals surface area contributed by atoms with Crippen LogP contribution in [0, 0.1) is 5.92 Å². The van der Waals surface area contributed by atoms with Gasteiger partial charge in [0.2, 0.25) is 5.91 Å². The van der Waals surface area contributed by atoms with Crippen molar-refractivity contribution in [2.75, 3.05) is 19.6 Å². The van der Waals surface area contributed by atoms with Gasteiger partial charge in [0.15, 0.2) is 0 Å². The van der Waals surface area contributed by atoms with E-state index in [1.807, 2.05) is 16.3 Å². The first-order valence-corrected chi connectivity index (χ1v) is 9.64. The number of piperidine rings is 1. The number of thiazole rings is 1. The fraction of sp³-hybridized carbons (Fsp3) is 0.556. The lowest BCUT2D eigenvalue weighted by Crippen LogP contribution is -2.45. The fourth-order valence-electron chi connectivity index (χ4n) is 3.16. The molecule has 0 spiro atoms. The second-order valence-electron chi connectivity index (χ2n) is 6.84. The molecule has 2 aromatic rings. The average Bonchev–Trinajstić information content (AvgIpc) is 3.07. The number of likely N-dealkylation sites (tertiary alicyclic amines) is 1. The van der Waals surface area contributed by atoms with E-state index >= 15 is 0 Å². The third kappa shape index (κ3) is 3.87. The van der Waals surface area contributed by atoms with Gasteiger partial charge in [-0.25, -0.2) is 4.98 Å². The predicted molar refractivity (Wildman–Crippen MR) is 93.8 cm³/mol. The Morgan fingerprint density at radius 2 is 2.17 bits per heavy atom. The molecular formula is C18H23N3O2S. The Balaban J connectivity index is 1.26. The van der Waals surface area contributed by atoms with Crippen LogP contribution in [0.5, 0.6) is 0 Å². The smallest absolute Gasteiger partial charge is 0.228 e. The Bertz CT molecular complexity index is 670. The summed E-state index contributed by atoms with van der Waals surface area (Å²) in [6, 6.07) is 2.48. The number of carbonyl (C=O) groups excluding carboxylic acids is 1. The molecule has 0 bridgehead atoms. The molecule has 5 nitrogen and oxygen atoms in total. The van der Waals surface area contributed by atoms with Gasteiger partial charge in [-0.2, -0.15) is 0 Å². The summed E-state index contributed by atoms with van der Waals surface area (Å²) in [6.07, 6.45) is 8.63. The molecule has 2 fully saturated rings. The van der Waals surface area contributed by atoms with Gasteiger partial charge in [0.05, 0.1) is 18.4 Å². The van der Waals surface area contributed by atoms with Crippen molar-refractivity contribution < 1.29 is 9.21 Å². The number of nitrogens with one attached hydrogen (secondary N) is 1. The Hall–Kier alpha value is -1.66. The van der Waals surface area contributed by atoms with Crippen LogP contribution in [0.1, 0.15) is 31.4 Å². The summed E-state index contributed by atoms with van der Waals surface area (Å²) in [5.74, 6) is 1.11. The number of carbonyl (C=O) groups is 1. The molecule has 0 aromatic carbocycles. The first kappa shape index (κ1) is 15.8. The van der Waals surface area contributed by atoms with Gasteiger partial charge in [0.1, 0.15) is 11.3 Å². The first-order chi connectivity index (χ1) is 11.8. The second-order valence-corrected chi connectivity index (χ2v) is 7.70. The largest absolute Gasteiger partial charge is 0.472 e. The minimum absolute atomic E-state index is 0.194. The van der Waals surface area contributed by atoms with Gasteiger partial charge < -0.3 is 14.6 Å². The second kappa shape index (κ2) is 7.07. The van der Waals surface area contributed by atoms with Crippen molar-refractivity contribution in [2.24, 2.45) is 5.92 Å². The molecule has 1 saturated heterocycles. The molecule has 2 aliphatic rings. The maximum Gasteiger partial charge on any atom is 0.228 e. The van der Waals surface area contributed by atoms with Crippen LogP contribution < -0.4 is 5.32 Å². The van der Waals surface area contributed by atoms with E-state index in [-0.39, 0.29) is 5.91 Å². The van der Waals surface area contributed by atoms with E-state index in [1.165, 1.54) is 12.8 Å². The molecule has 128 valence electrons. The summed E-state index contributed by atoms with van der Waals surface area (Å²) >= 11 is 1.56. The number of hydrogen-bond donors (Lipinski definition) is 1. The molecule has 6 heteroatoms. The van der Waals surface area contributed by atoms with Crippen LogP contribution in [0.15, 0.2) is 28.4 Å². The van der Waals surface area contributed by atoms with Gasteiger partial charge in [-0.3, -0.25) is 4.79 Å². The minimum Gasteiger partial charge on any atom is -0.472 e. The zero-order valence-corrected chi connectivity index (χ0v) is 14.6. The van der Waals surface area contributed by atoms with Crippen molar-refractivity contribution in [3.05, 3.63) is 29.7 Å². The van der Waals surface area contributed by atoms with E-state index in [1.54, 1.807) is 23.9 Å². The fourth-order valence-corrected chi connectivity index (χ4v) is 3.97. The van der Waals surface area contributed by atoms with E-state index < -0.39 is 0 Å². The highest BCUT2D eigenvalue weighted by atomic mass is 32.1. The van der Waals surface area contributed by atoms with E-state index in [0.717, 1.165) is 54.7 Å². The molecule has 0 unspecified atom stereocenters. The van der Waals surface area contributed by atoms with Crippen molar-refractivity contribution in [3.63, 3.8) is 0 Å². The Labute approximate surface area is 146 Å². The number of rotatable bonds is 6. The third-order valence-electron chi connectivity index (χ3n) is 4.89. The van der Waals surface area contributed by atoms with Crippen molar-refractivity contribution in [3.8, 4) is 10.6 Å². The van der Waals surface area contributed by atoms with Gasteiger partial charge in [0, 0.05) is 30.1 Å². The number of nitrogens with zero attached hydrogens (tertiary/aromatic N) is 2. The third-order valence-corrected chi connectivity index (χ3v) is 5.83. The molecule has 24 heavy (non-hydrogen) atoms. The summed E-state index contributed by atoms with van der Waals surface area (Å²) in [6.45, 7) is 2.88. The quantitative estimate of drug-likeness (QED) is 0.874. The lowest BCUT2D eigenvalue weighted by molar-refractivity contribution is -0.131. The first-order valence-electron chi connectivity index (χ1n) is 8.76. The van der Waals surface area contributed by atoms with Gasteiger partial charge in [-0.1, -0.05) is 0 Å². The zero-order chi connectivity index (χ0) is 16.4. The summed E-state index contributed by atoms with van der Waals surface area (Å²) in [5, 5.41) is 6.54. The van der Waals surface area contributed by atoms with E-state index in [0.29, 0.717) is 12.5 Å². The normalized spacial score (nSPS) is 18.9. The predicted octanol–water partition coefficient (Wildman–Crippen LogP) is 2.94. The van der Waals surface area contributed by atoms with Gasteiger partial charge >= 0.3 is 0 Å². The van der Waals surface area contributed by atoms with E-state index in [2.05, 4.69) is 10.3 Å². The molecule has 3 heterocycles. The zero-order valence-electron chi connectivity index (χ0n) is 13.7. The molecule has 0 radical (unpaired) electrons. The number of aromatic nitrogens is 1. The van der Waals surface area contributed by atoms with Crippen LogP contribution in [0.2, 0.25) is 0 Å². The van der Waals surface area contributed by atoms with E-state index in [9.17, 15) is 4.79 Å². The maximum absolute atomic E-state index is 12.5. The minimum atomic E-state index is 0.194. The van der Waals surface area contributed by atoms with Crippen LogP contribution in [-0.2, 0) is 11.2 Å². The van der Waals surface area contributed by atoms with Crippen LogP contribution >= 0.6 is 11.3 Å². The average molecular weight is 345 g/mol. The van der Waals surface area contributed by atoms with Crippen molar-refractivity contribution in [1.82, 2.24) is 15.2 Å². The molecule has 0 atom stereocenters. The van der Waals surface area contributed by atoms with Gasteiger partial charge in [0.25, 0.3) is 0 Å². The topological polar surface area (TPSA) is 58.4 Å². The summed E-state index contributed by atoms with van der Waals surface area (Å²) in [7, 11) is 0. The number of hydrogen-bond acceptors (Lipinski definition) is 5. The molecule has 1 amide bonds. The van der Waals surface area contributed by atoms with E-state index in [4.69, 9.17) is 4.42 Å². The van der Waals surface area contributed by atoms with Crippen molar-refractivity contribution in [1.29, 1.82) is 0 Å². The molecule has 1 N–H and O–H groups in total. The lowest BCUT2D eigenvalue weighted by atomic mass is 10.0. The monoisotopic (exact) mass is 345 g/mol. The molecule has 1 aliphatic heterocycles. The summed E-state index contributed by atoms with van der Waals surface area (Å²) < 4.78 is 5.09. The SMILES string of the molecule is O=C(Cc1csc(-c2ccoc2)n1)N1CCC(NCC2CC2)CC1. The van der Waals surface area contributed by atoms with Crippen molar-refractivity contribution >= 4 is 17.2 Å². The highest BCUT2D eigenvalue weighted by Crippen LogP contribution is 2.28. The molecular weight excluding hydrogens is 322 g/mol.